The summed E-state index contributed by atoms with van der Waals surface area (Å²) in [5, 5.41) is 9.22. The topological polar surface area (TPSA) is 23.9 Å². The average molecular weight is 292 g/mol. The lowest BCUT2D eigenvalue weighted by Crippen LogP contribution is -2.24. The second-order valence-corrected chi connectivity index (χ2v) is 6.05. The van der Waals surface area contributed by atoms with Crippen LogP contribution in [-0.2, 0) is 0 Å². The third-order valence-corrected chi connectivity index (χ3v) is 4.76. The molecule has 2 aliphatic carbocycles. The molecule has 1 aromatic carbocycles. The van der Waals surface area contributed by atoms with E-state index >= 15 is 0 Å². The van der Waals surface area contributed by atoms with Crippen LogP contribution >= 0.6 is 23.2 Å². The minimum Gasteiger partial charge on any atom is -0.305 e. The Kier molecular flexibility index (Phi) is 3.51. The number of rotatable bonds is 1. The van der Waals surface area contributed by atoms with E-state index in [4.69, 9.17) is 28.6 Å². The number of hydrogen-bond acceptors (Lipinski definition) is 1. The first-order valence-electron chi connectivity index (χ1n) is 6.55. The molecule has 2 aliphatic rings. The molecule has 0 saturated carbocycles. The number of allylic oxidation sites excluding steroid dienone is 4. The third kappa shape index (κ3) is 2.50. The molecule has 0 amide bonds. The van der Waals surface area contributed by atoms with Crippen LogP contribution in [0, 0.1) is 11.3 Å². The Balaban J connectivity index is 2.00. The smallest absolute Gasteiger partial charge is 0.0595 e. The van der Waals surface area contributed by atoms with Gasteiger partial charge in [0.1, 0.15) is 0 Å². The molecule has 3 rings (SSSR count). The van der Waals surface area contributed by atoms with Crippen LogP contribution in [0.25, 0.3) is 0 Å². The molecule has 19 heavy (non-hydrogen) atoms. The van der Waals surface area contributed by atoms with Gasteiger partial charge in [-0.3, -0.25) is 0 Å². The van der Waals surface area contributed by atoms with Gasteiger partial charge in [-0.05, 0) is 60.4 Å². The normalized spacial score (nSPS) is 26.0. The van der Waals surface area contributed by atoms with E-state index in [1.54, 1.807) is 0 Å². The zero-order valence-electron chi connectivity index (χ0n) is 10.5. The van der Waals surface area contributed by atoms with E-state index in [9.17, 15) is 0 Å². The van der Waals surface area contributed by atoms with E-state index in [1.165, 1.54) is 11.1 Å². The number of fused-ring (bicyclic) bond motifs is 1. The fraction of sp³-hybridized carbons (Fsp3) is 0.312. The lowest BCUT2D eigenvalue weighted by molar-refractivity contribution is 0.455. The Bertz CT molecular complexity index is 586. The van der Waals surface area contributed by atoms with Crippen molar-refractivity contribution in [1.29, 1.82) is 5.41 Å². The van der Waals surface area contributed by atoms with E-state index in [2.05, 4.69) is 12.2 Å². The summed E-state index contributed by atoms with van der Waals surface area (Å²) in [7, 11) is 0. The number of hydrogen-bond donors (Lipinski definition) is 1. The van der Waals surface area contributed by atoms with Crippen molar-refractivity contribution in [3.05, 3.63) is 57.6 Å². The summed E-state index contributed by atoms with van der Waals surface area (Å²) in [6.45, 7) is 0. The van der Waals surface area contributed by atoms with E-state index in [1.807, 2.05) is 24.3 Å². The molecule has 1 nitrogen and oxygen atoms in total. The molecule has 0 radical (unpaired) electrons. The SMILES string of the molecule is N=C1C=C2C=CCCC2C(c2ccc(Cl)c(Cl)c2)C1. The molecule has 0 aliphatic heterocycles. The van der Waals surface area contributed by atoms with Gasteiger partial charge in [0, 0.05) is 5.71 Å². The van der Waals surface area contributed by atoms with E-state index in [-0.39, 0.29) is 0 Å². The molecule has 0 heterocycles. The first-order chi connectivity index (χ1) is 9.15. The highest BCUT2D eigenvalue weighted by Gasteiger charge is 2.31. The summed E-state index contributed by atoms with van der Waals surface area (Å²) in [6.07, 6.45) is 9.46. The highest BCUT2D eigenvalue weighted by atomic mass is 35.5. The minimum atomic E-state index is 0.354. The summed E-state index contributed by atoms with van der Waals surface area (Å²) >= 11 is 12.1. The number of halogens is 2. The maximum atomic E-state index is 8.02. The van der Waals surface area contributed by atoms with Crippen molar-refractivity contribution in [2.75, 3.05) is 0 Å². The van der Waals surface area contributed by atoms with Gasteiger partial charge < -0.3 is 5.41 Å². The van der Waals surface area contributed by atoms with Gasteiger partial charge in [0.25, 0.3) is 0 Å². The molecule has 0 saturated heterocycles. The molecule has 3 heteroatoms. The van der Waals surface area contributed by atoms with Gasteiger partial charge in [-0.1, -0.05) is 41.4 Å². The first-order valence-corrected chi connectivity index (χ1v) is 7.31. The first kappa shape index (κ1) is 13.0. The van der Waals surface area contributed by atoms with Crippen molar-refractivity contribution in [2.24, 2.45) is 5.92 Å². The predicted octanol–water partition coefficient (Wildman–Crippen LogP) is 5.39. The van der Waals surface area contributed by atoms with E-state index in [0.29, 0.717) is 27.6 Å². The van der Waals surface area contributed by atoms with Crippen molar-refractivity contribution in [3.8, 4) is 0 Å². The largest absolute Gasteiger partial charge is 0.305 e. The maximum absolute atomic E-state index is 8.02. The molecule has 1 N–H and O–H groups in total. The molecule has 1 aromatic rings. The molecule has 98 valence electrons. The Morgan fingerprint density at radius 1 is 1.11 bits per heavy atom. The Morgan fingerprint density at radius 3 is 2.74 bits per heavy atom. The number of benzene rings is 1. The Labute approximate surface area is 123 Å². The molecule has 0 aromatic heterocycles. The second-order valence-electron chi connectivity index (χ2n) is 5.24. The van der Waals surface area contributed by atoms with Gasteiger partial charge in [-0.15, -0.1) is 0 Å². The summed E-state index contributed by atoms with van der Waals surface area (Å²) in [4.78, 5) is 0. The van der Waals surface area contributed by atoms with Crippen molar-refractivity contribution < 1.29 is 0 Å². The van der Waals surface area contributed by atoms with Crippen LogP contribution in [0.5, 0.6) is 0 Å². The van der Waals surface area contributed by atoms with Gasteiger partial charge in [0.05, 0.1) is 10.0 Å². The van der Waals surface area contributed by atoms with Crippen LogP contribution in [0.1, 0.15) is 30.7 Å². The molecule has 0 spiro atoms. The monoisotopic (exact) mass is 291 g/mol. The third-order valence-electron chi connectivity index (χ3n) is 4.02. The lowest BCUT2D eigenvalue weighted by Gasteiger charge is -2.34. The highest BCUT2D eigenvalue weighted by Crippen LogP contribution is 2.43. The second kappa shape index (κ2) is 5.15. The van der Waals surface area contributed by atoms with Gasteiger partial charge in [0.15, 0.2) is 0 Å². The van der Waals surface area contributed by atoms with Crippen LogP contribution in [0.3, 0.4) is 0 Å². The highest BCUT2D eigenvalue weighted by molar-refractivity contribution is 6.42. The van der Waals surface area contributed by atoms with E-state index in [0.717, 1.165) is 19.3 Å². The van der Waals surface area contributed by atoms with Crippen molar-refractivity contribution >= 4 is 28.9 Å². The van der Waals surface area contributed by atoms with Crippen LogP contribution in [0.4, 0.5) is 0 Å². The standard InChI is InChI=1S/C16H15Cl2N/c17-15-6-5-11(8-16(15)18)14-9-12(19)7-10-3-1-2-4-13(10)14/h1,3,5-8,13-14,19H,2,4,9H2. The van der Waals surface area contributed by atoms with Crippen LogP contribution in [0.2, 0.25) is 10.0 Å². The molecular weight excluding hydrogens is 277 g/mol. The molecular formula is C16H15Cl2N. The Hall–Kier alpha value is -1.05. The molecule has 2 atom stereocenters. The summed E-state index contributed by atoms with van der Waals surface area (Å²) in [5.41, 5.74) is 3.19. The minimum absolute atomic E-state index is 0.354. The fourth-order valence-electron chi connectivity index (χ4n) is 3.11. The van der Waals surface area contributed by atoms with Crippen LogP contribution in [0.15, 0.2) is 42.0 Å². The summed E-state index contributed by atoms with van der Waals surface area (Å²) in [5.74, 6) is 0.864. The van der Waals surface area contributed by atoms with Gasteiger partial charge in [-0.2, -0.15) is 0 Å². The van der Waals surface area contributed by atoms with E-state index < -0.39 is 0 Å². The van der Waals surface area contributed by atoms with Gasteiger partial charge >= 0.3 is 0 Å². The van der Waals surface area contributed by atoms with Crippen molar-refractivity contribution in [1.82, 2.24) is 0 Å². The van der Waals surface area contributed by atoms with Gasteiger partial charge in [-0.25, -0.2) is 0 Å². The summed E-state index contributed by atoms with van der Waals surface area (Å²) in [6, 6.07) is 5.87. The van der Waals surface area contributed by atoms with Crippen LogP contribution in [-0.4, -0.2) is 5.71 Å². The fourth-order valence-corrected chi connectivity index (χ4v) is 3.41. The molecule has 0 fully saturated rings. The van der Waals surface area contributed by atoms with Crippen molar-refractivity contribution in [3.63, 3.8) is 0 Å². The average Bonchev–Trinajstić information content (AvgIpc) is 2.41. The molecule has 2 unspecified atom stereocenters. The predicted molar refractivity (Wildman–Crippen MR) is 81.5 cm³/mol. The van der Waals surface area contributed by atoms with Gasteiger partial charge in [0.2, 0.25) is 0 Å². The van der Waals surface area contributed by atoms with Crippen molar-refractivity contribution in [2.45, 2.75) is 25.2 Å². The van der Waals surface area contributed by atoms with Crippen LogP contribution < -0.4 is 0 Å². The Morgan fingerprint density at radius 2 is 1.95 bits per heavy atom. The maximum Gasteiger partial charge on any atom is 0.0595 e. The molecule has 0 bridgehead atoms. The zero-order chi connectivity index (χ0) is 13.4. The summed E-state index contributed by atoms with van der Waals surface area (Å²) < 4.78 is 0. The lowest BCUT2D eigenvalue weighted by atomic mass is 9.70. The number of nitrogens with one attached hydrogen (secondary N) is 1. The quantitative estimate of drug-likeness (QED) is 0.717. The zero-order valence-corrected chi connectivity index (χ0v) is 12.0.